The van der Waals surface area contributed by atoms with Gasteiger partial charge in [0.2, 0.25) is 0 Å². The number of nitrogens with zero attached hydrogens (tertiary/aromatic N) is 1. The van der Waals surface area contributed by atoms with Crippen LogP contribution in [0.4, 0.5) is 0 Å². The van der Waals surface area contributed by atoms with E-state index in [2.05, 4.69) is 26.1 Å². The van der Waals surface area contributed by atoms with Crippen LogP contribution < -0.4 is 20.7 Å². The van der Waals surface area contributed by atoms with Gasteiger partial charge in [-0.3, -0.25) is 14.7 Å². The smallest absolute Gasteiger partial charge is 0.272 e. The fraction of sp³-hybridized carbons (Fsp3) is 0.450. The van der Waals surface area contributed by atoms with Crippen molar-refractivity contribution in [2.24, 2.45) is 0 Å². The Hall–Kier alpha value is -2.87. The monoisotopic (exact) mass is 383 g/mol. The Morgan fingerprint density at radius 2 is 2.07 bits per heavy atom. The van der Waals surface area contributed by atoms with Gasteiger partial charge in [0.1, 0.15) is 5.75 Å². The Bertz CT molecular complexity index is 857. The van der Waals surface area contributed by atoms with E-state index < -0.39 is 0 Å². The van der Waals surface area contributed by atoms with Crippen molar-refractivity contribution >= 4 is 11.8 Å². The largest absolute Gasteiger partial charge is 0.484 e. The first-order valence-corrected chi connectivity index (χ1v) is 9.70. The number of rotatable bonds is 7. The highest BCUT2D eigenvalue weighted by atomic mass is 16.5. The normalized spacial score (nSPS) is 16.8. The maximum Gasteiger partial charge on any atom is 0.272 e. The van der Waals surface area contributed by atoms with Crippen molar-refractivity contribution in [3.05, 3.63) is 46.8 Å². The number of amides is 2. The Morgan fingerprint density at radius 1 is 1.29 bits per heavy atom. The number of fused-ring (bicyclic) bond motifs is 1. The van der Waals surface area contributed by atoms with Gasteiger partial charge in [0.05, 0.1) is 6.04 Å². The minimum absolute atomic E-state index is 0.0143. The van der Waals surface area contributed by atoms with E-state index in [0.29, 0.717) is 24.0 Å². The zero-order valence-electron chi connectivity index (χ0n) is 15.9. The molecule has 2 aromatic rings. The first-order valence-electron chi connectivity index (χ1n) is 9.70. The van der Waals surface area contributed by atoms with Crippen LogP contribution in [0.15, 0.2) is 24.3 Å². The van der Waals surface area contributed by atoms with Crippen molar-refractivity contribution < 1.29 is 14.3 Å². The molecule has 28 heavy (non-hydrogen) atoms. The van der Waals surface area contributed by atoms with Crippen LogP contribution in [0.3, 0.4) is 0 Å². The quantitative estimate of drug-likeness (QED) is 0.575. The van der Waals surface area contributed by atoms with E-state index in [1.807, 2.05) is 31.2 Å². The summed E-state index contributed by atoms with van der Waals surface area (Å²) in [5.41, 5.74) is 3.38. The molecule has 1 aliphatic heterocycles. The molecular weight excluding hydrogens is 358 g/mol. The Labute approximate surface area is 163 Å². The lowest BCUT2D eigenvalue weighted by molar-refractivity contribution is -0.123. The summed E-state index contributed by atoms with van der Waals surface area (Å²) in [5, 5.41) is 16.3. The molecule has 148 valence electrons. The van der Waals surface area contributed by atoms with Gasteiger partial charge in [0.25, 0.3) is 11.8 Å². The number of aromatic nitrogens is 2. The molecule has 0 saturated heterocycles. The van der Waals surface area contributed by atoms with E-state index in [9.17, 15) is 9.59 Å². The highest BCUT2D eigenvalue weighted by Crippen LogP contribution is 2.21. The Kier molecular flexibility index (Phi) is 5.29. The van der Waals surface area contributed by atoms with E-state index in [1.54, 1.807) is 0 Å². The summed E-state index contributed by atoms with van der Waals surface area (Å²) in [6, 6.07) is 7.55. The molecule has 0 radical (unpaired) electrons. The lowest BCUT2D eigenvalue weighted by Gasteiger charge is -2.16. The van der Waals surface area contributed by atoms with Gasteiger partial charge in [-0.25, -0.2) is 0 Å². The number of aromatic amines is 1. The van der Waals surface area contributed by atoms with Crippen molar-refractivity contribution in [1.82, 2.24) is 26.1 Å². The average molecular weight is 383 g/mol. The molecule has 2 aliphatic rings. The van der Waals surface area contributed by atoms with Gasteiger partial charge in [0.15, 0.2) is 12.3 Å². The van der Waals surface area contributed by atoms with E-state index in [4.69, 9.17) is 4.74 Å². The molecule has 8 heteroatoms. The second kappa shape index (κ2) is 8.02. The topological polar surface area (TPSA) is 108 Å². The molecule has 4 N–H and O–H groups in total. The fourth-order valence-electron chi connectivity index (χ4n) is 3.26. The minimum Gasteiger partial charge on any atom is -0.484 e. The first-order chi connectivity index (χ1) is 13.6. The summed E-state index contributed by atoms with van der Waals surface area (Å²) >= 11 is 0. The van der Waals surface area contributed by atoms with Crippen LogP contribution in [0.5, 0.6) is 5.75 Å². The van der Waals surface area contributed by atoms with Crippen molar-refractivity contribution in [2.75, 3.05) is 13.2 Å². The van der Waals surface area contributed by atoms with Crippen molar-refractivity contribution in [2.45, 2.75) is 44.8 Å². The standard InChI is InChI=1S/C20H25N5O3/c1-12(22-20(27)19-16-10-21-9-8-17(16)24-25-19)13-2-6-15(7-3-13)28-11-18(26)23-14-4-5-14/h2-3,6-7,12,14,21H,4-5,8-11H2,1H3,(H,22,27)(H,23,26)(H,24,25). The zero-order chi connectivity index (χ0) is 19.5. The van der Waals surface area contributed by atoms with E-state index in [-0.39, 0.29) is 24.5 Å². The lowest BCUT2D eigenvalue weighted by atomic mass is 10.1. The molecule has 0 bridgehead atoms. The minimum atomic E-state index is -0.189. The molecule has 8 nitrogen and oxygen atoms in total. The highest BCUT2D eigenvalue weighted by Gasteiger charge is 2.24. The third-order valence-corrected chi connectivity index (χ3v) is 5.06. The fourth-order valence-corrected chi connectivity index (χ4v) is 3.26. The van der Waals surface area contributed by atoms with Gasteiger partial charge >= 0.3 is 0 Å². The summed E-state index contributed by atoms with van der Waals surface area (Å²) < 4.78 is 5.51. The molecule has 1 aromatic heterocycles. The molecule has 1 fully saturated rings. The van der Waals surface area contributed by atoms with Gasteiger partial charge < -0.3 is 20.7 Å². The molecule has 1 atom stereocenters. The van der Waals surface area contributed by atoms with Crippen molar-refractivity contribution in [3.63, 3.8) is 0 Å². The molecule has 2 heterocycles. The van der Waals surface area contributed by atoms with E-state index in [1.165, 1.54) is 0 Å². The van der Waals surface area contributed by atoms with Gasteiger partial charge in [0, 0.05) is 36.8 Å². The molecule has 1 aromatic carbocycles. The SMILES string of the molecule is CC(NC(=O)c1n[nH]c2c1CNCC2)c1ccc(OCC(=O)NC2CC2)cc1. The summed E-state index contributed by atoms with van der Waals surface area (Å²) in [6.45, 7) is 3.49. The van der Waals surface area contributed by atoms with Gasteiger partial charge in [-0.05, 0) is 37.5 Å². The predicted octanol–water partition coefficient (Wildman–Crippen LogP) is 1.20. The second-order valence-electron chi connectivity index (χ2n) is 7.35. The number of nitrogens with one attached hydrogen (secondary N) is 4. The number of benzene rings is 1. The van der Waals surface area contributed by atoms with E-state index >= 15 is 0 Å². The van der Waals surface area contributed by atoms with Crippen LogP contribution in [0.25, 0.3) is 0 Å². The molecule has 1 aliphatic carbocycles. The maximum absolute atomic E-state index is 12.6. The molecule has 2 amide bonds. The van der Waals surface area contributed by atoms with Crippen molar-refractivity contribution in [1.29, 1.82) is 0 Å². The van der Waals surface area contributed by atoms with Crippen LogP contribution in [-0.2, 0) is 17.8 Å². The number of H-pyrrole nitrogens is 1. The Balaban J connectivity index is 1.31. The van der Waals surface area contributed by atoms with Crippen LogP contribution in [-0.4, -0.2) is 41.2 Å². The lowest BCUT2D eigenvalue weighted by Crippen LogP contribution is -2.30. The van der Waals surface area contributed by atoms with Gasteiger partial charge in [-0.2, -0.15) is 5.10 Å². The van der Waals surface area contributed by atoms with E-state index in [0.717, 1.165) is 42.6 Å². The molecule has 1 saturated carbocycles. The third-order valence-electron chi connectivity index (χ3n) is 5.06. The summed E-state index contributed by atoms with van der Waals surface area (Å²) in [5.74, 6) is 0.343. The predicted molar refractivity (Wildman–Crippen MR) is 103 cm³/mol. The number of hydrogen-bond acceptors (Lipinski definition) is 5. The Morgan fingerprint density at radius 3 is 2.82 bits per heavy atom. The van der Waals surface area contributed by atoms with Gasteiger partial charge in [-0.1, -0.05) is 12.1 Å². The van der Waals surface area contributed by atoms with Gasteiger partial charge in [-0.15, -0.1) is 0 Å². The molecule has 4 rings (SSSR count). The van der Waals surface area contributed by atoms with Crippen LogP contribution in [0, 0.1) is 0 Å². The third kappa shape index (κ3) is 4.33. The zero-order valence-corrected chi connectivity index (χ0v) is 15.9. The van der Waals surface area contributed by atoms with Crippen LogP contribution >= 0.6 is 0 Å². The summed E-state index contributed by atoms with van der Waals surface area (Å²) in [6.07, 6.45) is 2.97. The van der Waals surface area contributed by atoms with Crippen LogP contribution in [0.1, 0.15) is 53.1 Å². The highest BCUT2D eigenvalue weighted by molar-refractivity contribution is 5.94. The molecular formula is C20H25N5O3. The number of carbonyl (C=O) groups excluding carboxylic acids is 2. The second-order valence-corrected chi connectivity index (χ2v) is 7.35. The first kappa shape index (κ1) is 18.5. The van der Waals surface area contributed by atoms with Crippen LogP contribution in [0.2, 0.25) is 0 Å². The average Bonchev–Trinajstić information content (AvgIpc) is 3.41. The summed E-state index contributed by atoms with van der Waals surface area (Å²) in [7, 11) is 0. The summed E-state index contributed by atoms with van der Waals surface area (Å²) in [4.78, 5) is 24.3. The maximum atomic E-state index is 12.6. The number of hydrogen-bond donors (Lipinski definition) is 4. The van der Waals surface area contributed by atoms with Crippen molar-refractivity contribution in [3.8, 4) is 5.75 Å². The molecule has 1 unspecified atom stereocenters. The molecule has 0 spiro atoms. The number of carbonyl (C=O) groups is 2. The number of ether oxygens (including phenoxy) is 1.